The Morgan fingerprint density at radius 2 is 1.74 bits per heavy atom. The number of aryl methyl sites for hydroxylation is 1. The average molecular weight is 428 g/mol. The number of benzene rings is 2. The minimum absolute atomic E-state index is 0.0552. The van der Waals surface area contributed by atoms with E-state index in [-0.39, 0.29) is 17.2 Å². The molecule has 2 heterocycles. The zero-order chi connectivity index (χ0) is 22.2. The summed E-state index contributed by atoms with van der Waals surface area (Å²) in [5.74, 6) is 0.295. The van der Waals surface area contributed by atoms with Crippen molar-refractivity contribution in [2.75, 3.05) is 6.54 Å². The Hall–Kier alpha value is -2.76. The highest BCUT2D eigenvalue weighted by Crippen LogP contribution is 2.42. The lowest BCUT2D eigenvalue weighted by Gasteiger charge is -2.22. The number of carbonyl (C=O) groups excluding carboxylic acids is 1. The second-order valence-electron chi connectivity index (χ2n) is 8.68. The zero-order valence-electron chi connectivity index (χ0n) is 17.9. The van der Waals surface area contributed by atoms with Crippen molar-refractivity contribution in [1.82, 2.24) is 9.47 Å². The van der Waals surface area contributed by atoms with Gasteiger partial charge in [-0.15, -0.1) is 0 Å². The summed E-state index contributed by atoms with van der Waals surface area (Å²) in [6.45, 7) is 5.13. The highest BCUT2D eigenvalue weighted by molar-refractivity contribution is 5.89. The first-order chi connectivity index (χ1) is 14.8. The molecule has 0 N–H and O–H groups in total. The Kier molecular flexibility index (Phi) is 5.82. The van der Waals surface area contributed by atoms with Crippen molar-refractivity contribution < 1.29 is 18.0 Å². The van der Waals surface area contributed by atoms with Gasteiger partial charge >= 0.3 is 6.18 Å². The molecule has 31 heavy (non-hydrogen) atoms. The molecule has 4 rings (SSSR count). The van der Waals surface area contributed by atoms with Crippen molar-refractivity contribution in [2.24, 2.45) is 5.92 Å². The number of hydrogen-bond donors (Lipinski definition) is 0. The van der Waals surface area contributed by atoms with Gasteiger partial charge in [0.15, 0.2) is 0 Å². The Morgan fingerprint density at radius 3 is 2.42 bits per heavy atom. The van der Waals surface area contributed by atoms with Crippen LogP contribution in [0.15, 0.2) is 48.5 Å². The smallest absolute Gasteiger partial charge is 0.342 e. The second kappa shape index (κ2) is 8.40. The summed E-state index contributed by atoms with van der Waals surface area (Å²) in [6, 6.07) is 14.7. The molecule has 3 aromatic rings. The van der Waals surface area contributed by atoms with E-state index in [1.165, 1.54) is 0 Å². The number of amides is 1. The molecule has 0 radical (unpaired) electrons. The van der Waals surface area contributed by atoms with E-state index in [2.05, 4.69) is 0 Å². The predicted octanol–water partition coefficient (Wildman–Crippen LogP) is 5.83. The molecule has 2 aromatic carbocycles. The van der Waals surface area contributed by atoms with Gasteiger partial charge in [0.05, 0.1) is 11.1 Å². The average Bonchev–Trinajstić information content (AvgIpc) is 2.90. The number of halogens is 3. The molecule has 0 saturated carbocycles. The van der Waals surface area contributed by atoms with Crippen LogP contribution in [0.4, 0.5) is 13.2 Å². The summed E-state index contributed by atoms with van der Waals surface area (Å²) in [6.07, 6.45) is -3.15. The van der Waals surface area contributed by atoms with Gasteiger partial charge in [-0.1, -0.05) is 62.4 Å². The third-order valence-electron chi connectivity index (χ3n) is 5.94. The summed E-state index contributed by atoms with van der Waals surface area (Å²) in [7, 11) is 0. The van der Waals surface area contributed by atoms with Crippen LogP contribution >= 0.6 is 0 Å². The SMILES string of the molecule is CC(C)CC(=O)N1CCn2c(CCc3ccccc3)c(C(F)(F)F)c3cccc(c32)C1. The summed E-state index contributed by atoms with van der Waals surface area (Å²) in [5, 5.41) is 0.242. The van der Waals surface area contributed by atoms with Crippen LogP contribution in [0.5, 0.6) is 0 Å². The fraction of sp³-hybridized carbons (Fsp3) is 0.400. The molecule has 0 unspecified atom stereocenters. The molecule has 164 valence electrons. The largest absolute Gasteiger partial charge is 0.418 e. The maximum absolute atomic E-state index is 14.2. The molecule has 0 saturated heterocycles. The van der Waals surface area contributed by atoms with E-state index in [1.807, 2.05) is 54.8 Å². The minimum atomic E-state index is -4.43. The van der Waals surface area contributed by atoms with Crippen LogP contribution in [-0.4, -0.2) is 21.9 Å². The quantitative estimate of drug-likeness (QED) is 0.502. The fourth-order valence-electron chi connectivity index (χ4n) is 4.59. The molecule has 3 nitrogen and oxygen atoms in total. The number of para-hydroxylation sites is 1. The van der Waals surface area contributed by atoms with Gasteiger partial charge in [-0.2, -0.15) is 13.2 Å². The summed E-state index contributed by atoms with van der Waals surface area (Å²) >= 11 is 0. The monoisotopic (exact) mass is 428 g/mol. The van der Waals surface area contributed by atoms with Gasteiger partial charge in [0.2, 0.25) is 5.91 Å². The molecule has 1 aliphatic heterocycles. The van der Waals surface area contributed by atoms with Crippen LogP contribution in [0, 0.1) is 5.92 Å². The lowest BCUT2D eigenvalue weighted by atomic mass is 10.0. The highest BCUT2D eigenvalue weighted by atomic mass is 19.4. The Bertz CT molecular complexity index is 1080. The number of aromatic nitrogens is 1. The maximum atomic E-state index is 14.2. The van der Waals surface area contributed by atoms with Crippen LogP contribution < -0.4 is 0 Å². The van der Waals surface area contributed by atoms with Gasteiger partial charge in [-0.25, -0.2) is 0 Å². The molecular weight excluding hydrogens is 401 g/mol. The topological polar surface area (TPSA) is 25.2 Å². The van der Waals surface area contributed by atoms with Gasteiger partial charge in [0.25, 0.3) is 0 Å². The number of rotatable bonds is 5. The molecule has 0 fully saturated rings. The fourth-order valence-corrected chi connectivity index (χ4v) is 4.59. The van der Waals surface area contributed by atoms with Crippen molar-refractivity contribution in [3.8, 4) is 0 Å². The van der Waals surface area contributed by atoms with Crippen LogP contribution in [0.25, 0.3) is 10.9 Å². The predicted molar refractivity (Wildman–Crippen MR) is 116 cm³/mol. The molecule has 0 atom stereocenters. The first-order valence-electron chi connectivity index (χ1n) is 10.8. The Labute approximate surface area is 180 Å². The van der Waals surface area contributed by atoms with E-state index < -0.39 is 11.7 Å². The second-order valence-corrected chi connectivity index (χ2v) is 8.68. The van der Waals surface area contributed by atoms with Gasteiger partial charge in [-0.05, 0) is 29.9 Å². The lowest BCUT2D eigenvalue weighted by Crippen LogP contribution is -2.33. The van der Waals surface area contributed by atoms with Gasteiger partial charge in [-0.3, -0.25) is 4.79 Å². The van der Waals surface area contributed by atoms with Crippen LogP contribution in [-0.2, 0) is 36.9 Å². The number of alkyl halides is 3. The standard InChI is InChI=1S/C25H27F3N2O/c1-17(2)15-22(31)29-13-14-30-21(12-11-18-7-4-3-5-8-18)23(25(26,27)28)20-10-6-9-19(16-29)24(20)30/h3-10,17H,11-16H2,1-2H3. The van der Waals surface area contributed by atoms with E-state index >= 15 is 0 Å². The lowest BCUT2D eigenvalue weighted by molar-refractivity contribution is -0.137. The van der Waals surface area contributed by atoms with Crippen molar-refractivity contribution >= 4 is 16.8 Å². The molecule has 6 heteroatoms. The summed E-state index contributed by atoms with van der Waals surface area (Å²) < 4.78 is 44.4. The van der Waals surface area contributed by atoms with Crippen LogP contribution in [0.2, 0.25) is 0 Å². The molecule has 1 aromatic heterocycles. The first-order valence-corrected chi connectivity index (χ1v) is 10.8. The Balaban J connectivity index is 1.78. The molecule has 0 spiro atoms. The third-order valence-corrected chi connectivity index (χ3v) is 5.94. The van der Waals surface area contributed by atoms with Gasteiger partial charge in [0, 0.05) is 37.1 Å². The van der Waals surface area contributed by atoms with Crippen molar-refractivity contribution in [2.45, 2.75) is 52.4 Å². The van der Waals surface area contributed by atoms with E-state index in [1.54, 1.807) is 17.0 Å². The molecule has 1 amide bonds. The van der Waals surface area contributed by atoms with Crippen molar-refractivity contribution in [3.05, 3.63) is 70.9 Å². The molecular formula is C25H27F3N2O. The molecule has 0 bridgehead atoms. The first kappa shape index (κ1) is 21.5. The van der Waals surface area contributed by atoms with Gasteiger partial charge in [0.1, 0.15) is 0 Å². The molecule has 0 aliphatic carbocycles. The van der Waals surface area contributed by atoms with Crippen molar-refractivity contribution in [3.63, 3.8) is 0 Å². The third kappa shape index (κ3) is 4.34. The Morgan fingerprint density at radius 1 is 1.00 bits per heavy atom. The maximum Gasteiger partial charge on any atom is 0.418 e. The summed E-state index contributed by atoms with van der Waals surface area (Å²) in [5.41, 5.74) is 2.21. The number of carbonyl (C=O) groups is 1. The highest BCUT2D eigenvalue weighted by Gasteiger charge is 2.39. The summed E-state index contributed by atoms with van der Waals surface area (Å²) in [4.78, 5) is 14.5. The van der Waals surface area contributed by atoms with Crippen LogP contribution in [0.3, 0.4) is 0 Å². The number of nitrogens with zero attached hydrogens (tertiary/aromatic N) is 2. The van der Waals surface area contributed by atoms with E-state index in [9.17, 15) is 18.0 Å². The normalized spacial score (nSPS) is 14.3. The van der Waals surface area contributed by atoms with E-state index in [4.69, 9.17) is 0 Å². The van der Waals surface area contributed by atoms with E-state index in [0.29, 0.717) is 50.1 Å². The minimum Gasteiger partial charge on any atom is -0.342 e. The molecule has 1 aliphatic rings. The van der Waals surface area contributed by atoms with E-state index in [0.717, 1.165) is 11.1 Å². The van der Waals surface area contributed by atoms with Crippen LogP contribution in [0.1, 0.15) is 42.7 Å². The van der Waals surface area contributed by atoms with Crippen molar-refractivity contribution in [1.29, 1.82) is 0 Å². The van der Waals surface area contributed by atoms with Gasteiger partial charge < -0.3 is 9.47 Å². The zero-order valence-corrected chi connectivity index (χ0v) is 17.9. The number of hydrogen-bond acceptors (Lipinski definition) is 1.